The largest absolute Gasteiger partial charge is 0.383 e. The van der Waals surface area contributed by atoms with Gasteiger partial charge in [-0.1, -0.05) is 6.42 Å². The number of carbonyl (C=O) groups excluding carboxylic acids is 1. The highest BCUT2D eigenvalue weighted by atomic mass is 16.5. The third kappa shape index (κ3) is 3.51. The number of hydrogen-bond acceptors (Lipinski definition) is 4. The van der Waals surface area contributed by atoms with Crippen LogP contribution in [-0.2, 0) is 9.53 Å². The second-order valence-corrected chi connectivity index (χ2v) is 6.20. The van der Waals surface area contributed by atoms with Crippen molar-refractivity contribution in [2.45, 2.75) is 32.2 Å². The third-order valence-corrected chi connectivity index (χ3v) is 4.94. The number of hydrogen-bond donors (Lipinski definition) is 1. The summed E-state index contributed by atoms with van der Waals surface area (Å²) < 4.78 is 5.14. The van der Waals surface area contributed by atoms with Crippen LogP contribution in [0.2, 0.25) is 0 Å². The van der Waals surface area contributed by atoms with Crippen molar-refractivity contribution in [3.8, 4) is 0 Å². The molecule has 0 aromatic rings. The van der Waals surface area contributed by atoms with Crippen LogP contribution in [0, 0.1) is 11.8 Å². The molecular formula is C15H29N3O2. The maximum atomic E-state index is 12.7. The van der Waals surface area contributed by atoms with E-state index in [9.17, 15) is 4.79 Å². The molecule has 116 valence electrons. The molecule has 5 nitrogen and oxygen atoms in total. The van der Waals surface area contributed by atoms with Gasteiger partial charge in [-0.2, -0.15) is 0 Å². The molecule has 2 N–H and O–H groups in total. The van der Waals surface area contributed by atoms with Gasteiger partial charge in [-0.15, -0.1) is 0 Å². The van der Waals surface area contributed by atoms with E-state index in [2.05, 4.69) is 16.7 Å². The first-order chi connectivity index (χ1) is 9.67. The number of nitrogens with zero attached hydrogens (tertiary/aromatic N) is 2. The van der Waals surface area contributed by atoms with Crippen LogP contribution >= 0.6 is 0 Å². The lowest BCUT2D eigenvalue weighted by Crippen LogP contribution is -2.55. The molecule has 2 aliphatic rings. The second kappa shape index (κ2) is 7.38. The van der Waals surface area contributed by atoms with E-state index in [-0.39, 0.29) is 5.92 Å². The smallest absolute Gasteiger partial charge is 0.226 e. The summed E-state index contributed by atoms with van der Waals surface area (Å²) in [5.41, 5.74) is 5.80. The first-order valence-corrected chi connectivity index (χ1v) is 7.89. The zero-order valence-corrected chi connectivity index (χ0v) is 12.9. The fourth-order valence-corrected chi connectivity index (χ4v) is 3.61. The van der Waals surface area contributed by atoms with E-state index < -0.39 is 0 Å². The molecule has 1 aliphatic carbocycles. The molecule has 2 fully saturated rings. The van der Waals surface area contributed by atoms with Crippen LogP contribution in [0.4, 0.5) is 0 Å². The van der Waals surface area contributed by atoms with Crippen molar-refractivity contribution < 1.29 is 9.53 Å². The van der Waals surface area contributed by atoms with Gasteiger partial charge in [0.15, 0.2) is 0 Å². The van der Waals surface area contributed by atoms with E-state index in [1.54, 1.807) is 7.11 Å². The lowest BCUT2D eigenvalue weighted by atomic mass is 9.94. The minimum absolute atomic E-state index is 0.178. The number of piperazine rings is 1. The summed E-state index contributed by atoms with van der Waals surface area (Å²) >= 11 is 0. The zero-order valence-electron chi connectivity index (χ0n) is 12.9. The highest BCUT2D eigenvalue weighted by Gasteiger charge is 2.36. The lowest BCUT2D eigenvalue weighted by molar-refractivity contribution is -0.139. The third-order valence-electron chi connectivity index (χ3n) is 4.94. The van der Waals surface area contributed by atoms with Crippen molar-refractivity contribution in [2.75, 3.05) is 46.4 Å². The van der Waals surface area contributed by atoms with Crippen LogP contribution < -0.4 is 5.73 Å². The SMILES string of the molecule is COCCN1CCN(C(=O)[C@@H]2CCC[C@@H]2CN)CC1C. The molecule has 20 heavy (non-hydrogen) atoms. The van der Waals surface area contributed by atoms with E-state index in [4.69, 9.17) is 10.5 Å². The van der Waals surface area contributed by atoms with E-state index in [0.717, 1.165) is 52.0 Å². The summed E-state index contributed by atoms with van der Waals surface area (Å²) in [6.45, 7) is 7.21. The Hall–Kier alpha value is -0.650. The number of amides is 1. The predicted octanol–water partition coefficient (Wildman–Crippen LogP) is 0.541. The number of methoxy groups -OCH3 is 1. The normalized spacial score (nSPS) is 31.8. The fourth-order valence-electron chi connectivity index (χ4n) is 3.61. The molecule has 0 bridgehead atoms. The van der Waals surface area contributed by atoms with Gasteiger partial charge in [0.2, 0.25) is 5.91 Å². The summed E-state index contributed by atoms with van der Waals surface area (Å²) in [7, 11) is 1.73. The van der Waals surface area contributed by atoms with Gasteiger partial charge in [0.05, 0.1) is 6.61 Å². The van der Waals surface area contributed by atoms with E-state index >= 15 is 0 Å². The second-order valence-electron chi connectivity index (χ2n) is 6.20. The lowest BCUT2D eigenvalue weighted by Gasteiger charge is -2.41. The van der Waals surface area contributed by atoms with E-state index in [1.165, 1.54) is 0 Å². The molecule has 3 atom stereocenters. The fraction of sp³-hybridized carbons (Fsp3) is 0.933. The minimum atomic E-state index is 0.178. The Balaban J connectivity index is 1.87. The average Bonchev–Trinajstić information content (AvgIpc) is 2.93. The number of ether oxygens (including phenoxy) is 1. The van der Waals surface area contributed by atoms with Gasteiger partial charge in [0, 0.05) is 45.2 Å². The van der Waals surface area contributed by atoms with Crippen LogP contribution in [-0.4, -0.2) is 68.2 Å². The van der Waals surface area contributed by atoms with Crippen LogP contribution in [0.15, 0.2) is 0 Å². The molecule has 0 aromatic carbocycles. The molecule has 1 heterocycles. The van der Waals surface area contributed by atoms with Crippen LogP contribution in [0.1, 0.15) is 26.2 Å². The first kappa shape index (κ1) is 15.7. The van der Waals surface area contributed by atoms with Crippen molar-refractivity contribution in [2.24, 2.45) is 17.6 Å². The standard InChI is InChI=1S/C15H29N3O2/c1-12-11-18(7-6-17(12)8-9-20-2)15(19)14-5-3-4-13(14)10-16/h12-14H,3-11,16H2,1-2H3/t12?,13-,14-/m1/s1. The highest BCUT2D eigenvalue weighted by Crippen LogP contribution is 2.32. The molecule has 1 amide bonds. The van der Waals surface area contributed by atoms with Crippen molar-refractivity contribution in [1.82, 2.24) is 9.80 Å². The van der Waals surface area contributed by atoms with Gasteiger partial charge in [-0.05, 0) is 32.2 Å². The van der Waals surface area contributed by atoms with Gasteiger partial charge in [0.25, 0.3) is 0 Å². The van der Waals surface area contributed by atoms with Crippen molar-refractivity contribution >= 4 is 5.91 Å². The Morgan fingerprint density at radius 3 is 2.80 bits per heavy atom. The molecule has 0 spiro atoms. The van der Waals surface area contributed by atoms with E-state index in [0.29, 0.717) is 24.4 Å². The maximum Gasteiger partial charge on any atom is 0.226 e. The highest BCUT2D eigenvalue weighted by molar-refractivity contribution is 5.79. The molecular weight excluding hydrogens is 254 g/mol. The summed E-state index contributed by atoms with van der Waals surface area (Å²) in [6, 6.07) is 0.417. The molecule has 1 saturated heterocycles. The molecule has 0 radical (unpaired) electrons. The van der Waals surface area contributed by atoms with Crippen molar-refractivity contribution in [3.05, 3.63) is 0 Å². The summed E-state index contributed by atoms with van der Waals surface area (Å²) in [5, 5.41) is 0. The van der Waals surface area contributed by atoms with Crippen LogP contribution in [0.5, 0.6) is 0 Å². The molecule has 1 unspecified atom stereocenters. The summed E-state index contributed by atoms with van der Waals surface area (Å²) in [4.78, 5) is 17.1. The first-order valence-electron chi connectivity index (χ1n) is 7.89. The quantitative estimate of drug-likeness (QED) is 0.800. The topological polar surface area (TPSA) is 58.8 Å². The van der Waals surface area contributed by atoms with Crippen LogP contribution in [0.25, 0.3) is 0 Å². The van der Waals surface area contributed by atoms with Crippen LogP contribution in [0.3, 0.4) is 0 Å². The van der Waals surface area contributed by atoms with Crippen molar-refractivity contribution in [1.29, 1.82) is 0 Å². The average molecular weight is 283 g/mol. The monoisotopic (exact) mass is 283 g/mol. The maximum absolute atomic E-state index is 12.7. The molecule has 1 saturated carbocycles. The molecule has 2 rings (SSSR count). The minimum Gasteiger partial charge on any atom is -0.383 e. The van der Waals surface area contributed by atoms with E-state index in [1.807, 2.05) is 0 Å². The van der Waals surface area contributed by atoms with Gasteiger partial charge in [0.1, 0.15) is 0 Å². The van der Waals surface area contributed by atoms with Gasteiger partial charge < -0.3 is 15.4 Å². The molecule has 1 aliphatic heterocycles. The zero-order chi connectivity index (χ0) is 14.5. The Morgan fingerprint density at radius 2 is 2.15 bits per heavy atom. The Kier molecular flexibility index (Phi) is 5.81. The summed E-state index contributed by atoms with van der Waals surface area (Å²) in [5.74, 6) is 0.929. The summed E-state index contributed by atoms with van der Waals surface area (Å²) in [6.07, 6.45) is 3.30. The van der Waals surface area contributed by atoms with Gasteiger partial charge in [-0.25, -0.2) is 0 Å². The Labute approximate surface area is 122 Å². The number of rotatable bonds is 5. The predicted molar refractivity (Wildman–Crippen MR) is 79.4 cm³/mol. The molecule has 0 aromatic heterocycles. The number of nitrogens with two attached hydrogens (primary N) is 1. The Bertz CT molecular complexity index is 324. The number of carbonyl (C=O) groups is 1. The van der Waals surface area contributed by atoms with Gasteiger partial charge in [-0.3, -0.25) is 9.69 Å². The Morgan fingerprint density at radius 1 is 1.35 bits per heavy atom. The van der Waals surface area contributed by atoms with Gasteiger partial charge >= 0.3 is 0 Å². The molecule has 5 heteroatoms. The van der Waals surface area contributed by atoms with Crippen molar-refractivity contribution in [3.63, 3.8) is 0 Å².